The van der Waals surface area contributed by atoms with E-state index in [-0.39, 0.29) is 10.8 Å². The summed E-state index contributed by atoms with van der Waals surface area (Å²) in [5.41, 5.74) is 3.31. The van der Waals surface area contributed by atoms with Crippen molar-refractivity contribution in [3.63, 3.8) is 0 Å². The van der Waals surface area contributed by atoms with Crippen molar-refractivity contribution in [2.75, 3.05) is 21.1 Å². The summed E-state index contributed by atoms with van der Waals surface area (Å²) >= 11 is 0. The van der Waals surface area contributed by atoms with E-state index >= 15 is 0 Å². The molecule has 0 fully saturated rings. The molecule has 0 unspecified atom stereocenters. The van der Waals surface area contributed by atoms with Gasteiger partial charge in [0.1, 0.15) is 0 Å². The van der Waals surface area contributed by atoms with Crippen LogP contribution in [0, 0.1) is 0 Å². The van der Waals surface area contributed by atoms with Crippen molar-refractivity contribution in [2.45, 2.75) is 52.4 Å². The highest BCUT2D eigenvalue weighted by molar-refractivity contribution is 5.62. The Balaban J connectivity index is 3.68. The Morgan fingerprint density at radius 2 is 1.32 bits per heavy atom. The van der Waals surface area contributed by atoms with Gasteiger partial charge < -0.3 is 5.11 Å². The molecule has 1 aromatic carbocycles. The van der Waals surface area contributed by atoms with Crippen molar-refractivity contribution in [1.82, 2.24) is 4.48 Å². The van der Waals surface area contributed by atoms with Crippen molar-refractivity contribution in [2.24, 2.45) is 0 Å². The van der Waals surface area contributed by atoms with Crippen LogP contribution >= 0.6 is 0 Å². The molecule has 0 saturated heterocycles. The van der Waals surface area contributed by atoms with E-state index in [1.54, 1.807) is 0 Å². The molecule has 0 radical (unpaired) electrons. The lowest BCUT2D eigenvalue weighted by Crippen LogP contribution is -2.35. The topological polar surface area (TPSA) is 20.2 Å². The van der Waals surface area contributed by atoms with Crippen molar-refractivity contribution in [1.29, 1.82) is 0 Å². The lowest BCUT2D eigenvalue weighted by molar-refractivity contribution is 0.408. The van der Waals surface area contributed by atoms with Crippen LogP contribution in [0.2, 0.25) is 0 Å². The second-order valence-electron chi connectivity index (χ2n) is 8.40. The number of nitrogens with zero attached hydrogens (tertiary/aromatic N) is 1. The number of phenols is 1. The Labute approximate surface area is 118 Å². The van der Waals surface area contributed by atoms with Crippen LogP contribution in [0.1, 0.15) is 52.7 Å². The number of aromatic hydroxyl groups is 1. The smallest absolute Gasteiger partial charge is 0.181 e. The van der Waals surface area contributed by atoms with E-state index in [1.807, 2.05) is 0 Å². The van der Waals surface area contributed by atoms with Gasteiger partial charge in [0, 0.05) is 11.6 Å². The van der Waals surface area contributed by atoms with Gasteiger partial charge in [-0.2, -0.15) is 0 Å². The molecule has 0 aliphatic heterocycles. The van der Waals surface area contributed by atoms with Gasteiger partial charge in [0.25, 0.3) is 0 Å². The van der Waals surface area contributed by atoms with Gasteiger partial charge >= 0.3 is 0 Å². The van der Waals surface area contributed by atoms with E-state index in [0.29, 0.717) is 10.2 Å². The molecule has 1 aromatic rings. The molecular weight excluding hydrogens is 234 g/mol. The Hall–Kier alpha value is -1.02. The van der Waals surface area contributed by atoms with E-state index in [4.69, 9.17) is 0 Å². The van der Waals surface area contributed by atoms with Crippen LogP contribution in [0.3, 0.4) is 0 Å². The molecule has 2 heteroatoms. The number of hydrogen-bond donors (Lipinski definition) is 1. The highest BCUT2D eigenvalue weighted by Crippen LogP contribution is 2.42. The zero-order valence-electron chi connectivity index (χ0n) is 14.0. The molecule has 0 bridgehead atoms. The summed E-state index contributed by atoms with van der Waals surface area (Å²) in [6.45, 7) is 13.1. The molecule has 108 valence electrons. The number of rotatable bonds is 1. The zero-order chi connectivity index (χ0) is 15.2. The number of benzene rings is 1. The largest absolute Gasteiger partial charge is 0.503 e. The second-order valence-corrected chi connectivity index (χ2v) is 8.40. The van der Waals surface area contributed by atoms with Gasteiger partial charge in [0.05, 0.1) is 21.1 Å². The molecule has 0 aromatic heterocycles. The maximum absolute atomic E-state index is 10.6. The fraction of sp³-hybridized carbons (Fsp3) is 0.647. The summed E-state index contributed by atoms with van der Waals surface area (Å²) in [7, 11) is 6.27. The predicted molar refractivity (Wildman–Crippen MR) is 85.1 cm³/mol. The fourth-order valence-electron chi connectivity index (χ4n) is 2.14. The number of quaternary nitrogens is 1. The second kappa shape index (κ2) is 4.52. The van der Waals surface area contributed by atoms with Crippen LogP contribution in [0.5, 0.6) is 5.75 Å². The summed E-state index contributed by atoms with van der Waals surface area (Å²) in [6, 6.07) is 4.30. The van der Waals surface area contributed by atoms with Gasteiger partial charge in [0.15, 0.2) is 11.4 Å². The summed E-state index contributed by atoms with van der Waals surface area (Å²) < 4.78 is 0.624. The summed E-state index contributed by atoms with van der Waals surface area (Å²) in [4.78, 5) is 0. The summed E-state index contributed by atoms with van der Waals surface area (Å²) in [6.07, 6.45) is 0. The van der Waals surface area contributed by atoms with Crippen LogP contribution in [0.4, 0.5) is 5.69 Å². The first kappa shape index (κ1) is 16.0. The minimum absolute atomic E-state index is 0.0603. The average Bonchev–Trinajstić information content (AvgIpc) is 2.11. The summed E-state index contributed by atoms with van der Waals surface area (Å²) in [5, 5.41) is 10.6. The molecule has 0 aliphatic rings. The van der Waals surface area contributed by atoms with Crippen molar-refractivity contribution >= 4 is 5.69 Å². The average molecular weight is 264 g/mol. The first-order chi connectivity index (χ1) is 8.24. The molecule has 0 spiro atoms. The minimum Gasteiger partial charge on any atom is -0.503 e. The first-order valence-corrected chi connectivity index (χ1v) is 6.94. The van der Waals surface area contributed by atoms with Crippen LogP contribution in [-0.4, -0.2) is 26.2 Å². The van der Waals surface area contributed by atoms with Gasteiger partial charge in [-0.15, -0.1) is 0 Å². The molecule has 1 rings (SSSR count). The maximum Gasteiger partial charge on any atom is 0.181 e. The van der Waals surface area contributed by atoms with Crippen molar-refractivity contribution in [3.05, 3.63) is 23.3 Å². The zero-order valence-corrected chi connectivity index (χ0v) is 14.0. The first-order valence-electron chi connectivity index (χ1n) is 6.94. The van der Waals surface area contributed by atoms with Gasteiger partial charge in [-0.25, -0.2) is 0 Å². The van der Waals surface area contributed by atoms with Crippen molar-refractivity contribution < 1.29 is 5.11 Å². The Bertz CT molecular complexity index is 433. The highest BCUT2D eigenvalue weighted by Gasteiger charge is 2.29. The molecule has 2 nitrogen and oxygen atoms in total. The molecule has 0 atom stereocenters. The van der Waals surface area contributed by atoms with Crippen LogP contribution in [-0.2, 0) is 10.8 Å². The quantitative estimate of drug-likeness (QED) is 0.754. The lowest BCUT2D eigenvalue weighted by Gasteiger charge is -2.31. The number of hydrogen-bond acceptors (Lipinski definition) is 1. The van der Waals surface area contributed by atoms with Crippen LogP contribution < -0.4 is 4.48 Å². The molecule has 0 aliphatic carbocycles. The fourth-order valence-corrected chi connectivity index (χ4v) is 2.14. The normalized spacial score (nSPS) is 13.7. The van der Waals surface area contributed by atoms with Gasteiger partial charge in [-0.05, 0) is 16.4 Å². The van der Waals surface area contributed by atoms with E-state index in [0.717, 1.165) is 11.3 Å². The van der Waals surface area contributed by atoms with E-state index in [1.165, 1.54) is 5.56 Å². The van der Waals surface area contributed by atoms with Gasteiger partial charge in [-0.3, -0.25) is 4.48 Å². The van der Waals surface area contributed by atoms with E-state index in [2.05, 4.69) is 74.8 Å². The molecule has 1 N–H and O–H groups in total. The third-order valence-electron chi connectivity index (χ3n) is 3.49. The molecule has 0 saturated carbocycles. The summed E-state index contributed by atoms with van der Waals surface area (Å²) in [5.74, 6) is 0.438. The predicted octanol–water partition coefficient (Wildman–Crippen LogP) is 4.18. The molecule has 19 heavy (non-hydrogen) atoms. The van der Waals surface area contributed by atoms with Crippen LogP contribution in [0.25, 0.3) is 0 Å². The molecule has 0 heterocycles. The van der Waals surface area contributed by atoms with Crippen molar-refractivity contribution in [3.8, 4) is 5.75 Å². The van der Waals surface area contributed by atoms with Crippen LogP contribution in [0.15, 0.2) is 12.1 Å². The van der Waals surface area contributed by atoms with Gasteiger partial charge in [0.2, 0.25) is 0 Å². The molecular formula is C17H30NO+. The lowest BCUT2D eigenvalue weighted by atomic mass is 9.79. The third-order valence-corrected chi connectivity index (χ3v) is 3.49. The Morgan fingerprint density at radius 3 is 1.63 bits per heavy atom. The van der Waals surface area contributed by atoms with E-state index < -0.39 is 0 Å². The maximum atomic E-state index is 10.6. The van der Waals surface area contributed by atoms with E-state index in [9.17, 15) is 5.11 Å². The highest BCUT2D eigenvalue weighted by atomic mass is 16.3. The monoisotopic (exact) mass is 264 g/mol. The minimum atomic E-state index is -0.0603. The SMILES string of the molecule is CC(C)(C)c1cc(C(C)(C)C)c(O)c([N+](C)(C)C)c1. The Morgan fingerprint density at radius 1 is 0.842 bits per heavy atom. The molecule has 0 amide bonds. The number of phenolic OH excluding ortho intramolecular Hbond substituents is 1. The Kier molecular flexibility index (Phi) is 3.81. The third kappa shape index (κ3) is 3.50. The van der Waals surface area contributed by atoms with Gasteiger partial charge in [-0.1, -0.05) is 47.6 Å². The standard InChI is InChI=1S/C17H29NO/c1-16(2,3)12-10-13(17(4,5)6)15(19)14(11-12)18(7,8)9/h10-11H,1-9H3/p+1.